The first kappa shape index (κ1) is 20.4. The maximum atomic E-state index is 6.36. The molecule has 2 aliphatic rings. The smallest absolute Gasteiger partial charge is 0.231 e. The Labute approximate surface area is 196 Å². The number of nitrogens with two attached hydrogens (primary N) is 1. The summed E-state index contributed by atoms with van der Waals surface area (Å²) < 4.78 is 18.2. The van der Waals surface area contributed by atoms with Gasteiger partial charge in [0.1, 0.15) is 11.6 Å². The monoisotopic (exact) mass is 459 g/mol. The second kappa shape index (κ2) is 7.98. The molecular weight excluding hydrogens is 434 g/mol. The van der Waals surface area contributed by atoms with Crippen molar-refractivity contribution in [2.75, 3.05) is 55.6 Å². The lowest BCUT2D eigenvalue weighted by Gasteiger charge is -2.36. The maximum Gasteiger partial charge on any atom is 0.231 e. The normalized spacial score (nSPS) is 15.2. The van der Waals surface area contributed by atoms with E-state index in [1.54, 1.807) is 11.8 Å². The van der Waals surface area contributed by atoms with E-state index in [0.717, 1.165) is 60.0 Å². The molecule has 1 saturated heterocycles. The molecule has 10 heteroatoms. The molecule has 2 aliphatic heterocycles. The number of nitrogen functional groups attached to an aromatic ring is 1. The van der Waals surface area contributed by atoms with Crippen LogP contribution in [0.2, 0.25) is 0 Å². The summed E-state index contributed by atoms with van der Waals surface area (Å²) in [5, 5.41) is 5.28. The van der Waals surface area contributed by atoms with Crippen LogP contribution in [0.3, 0.4) is 0 Å². The number of methoxy groups -OCH3 is 1. The van der Waals surface area contributed by atoms with Gasteiger partial charge >= 0.3 is 0 Å². The van der Waals surface area contributed by atoms with E-state index in [-0.39, 0.29) is 6.79 Å². The first-order valence-electron chi connectivity index (χ1n) is 11.2. The fraction of sp³-hybridized carbons (Fsp3) is 0.292. The number of piperazine rings is 1. The van der Waals surface area contributed by atoms with Gasteiger partial charge in [0.25, 0.3) is 0 Å². The minimum atomic E-state index is 0.217. The number of hydrogen-bond acceptors (Lipinski definition) is 9. The lowest BCUT2D eigenvalue weighted by Crippen LogP contribution is -2.47. The summed E-state index contributed by atoms with van der Waals surface area (Å²) >= 11 is 0. The molecule has 0 bridgehead atoms. The number of aryl methyl sites for hydroxylation is 1. The summed E-state index contributed by atoms with van der Waals surface area (Å²) in [6.07, 6.45) is 0. The highest BCUT2D eigenvalue weighted by Gasteiger charge is 2.25. The minimum absolute atomic E-state index is 0.217. The van der Waals surface area contributed by atoms with Crippen LogP contribution in [0.4, 0.5) is 17.5 Å². The van der Waals surface area contributed by atoms with Crippen molar-refractivity contribution in [2.45, 2.75) is 0 Å². The molecule has 2 N–H and O–H groups in total. The van der Waals surface area contributed by atoms with E-state index in [2.05, 4.69) is 21.0 Å². The first-order valence-corrected chi connectivity index (χ1v) is 11.2. The number of aromatic nitrogens is 4. The number of hydrogen-bond donors (Lipinski definition) is 1. The summed E-state index contributed by atoms with van der Waals surface area (Å²) in [4.78, 5) is 14.3. The Morgan fingerprint density at radius 1 is 0.941 bits per heavy atom. The Bertz CT molecular complexity index is 1380. The van der Waals surface area contributed by atoms with Crippen molar-refractivity contribution < 1.29 is 14.2 Å². The number of ether oxygens (including phenoxy) is 3. The van der Waals surface area contributed by atoms with Crippen molar-refractivity contribution in [3.8, 4) is 28.5 Å². The van der Waals surface area contributed by atoms with Crippen molar-refractivity contribution in [1.82, 2.24) is 19.7 Å². The van der Waals surface area contributed by atoms with Crippen LogP contribution in [0.15, 0.2) is 42.5 Å². The zero-order valence-corrected chi connectivity index (χ0v) is 19.1. The van der Waals surface area contributed by atoms with Crippen LogP contribution in [0.5, 0.6) is 17.2 Å². The molecule has 4 aromatic rings. The summed E-state index contributed by atoms with van der Waals surface area (Å²) in [6, 6.07) is 13.9. The molecule has 0 aliphatic carbocycles. The van der Waals surface area contributed by atoms with Crippen LogP contribution in [-0.2, 0) is 7.05 Å². The van der Waals surface area contributed by atoms with Crippen LogP contribution in [-0.4, -0.2) is 59.8 Å². The minimum Gasteiger partial charge on any atom is -0.495 e. The summed E-state index contributed by atoms with van der Waals surface area (Å²) in [7, 11) is 3.51. The van der Waals surface area contributed by atoms with Gasteiger partial charge in [0, 0.05) is 38.8 Å². The fourth-order valence-electron chi connectivity index (χ4n) is 4.54. The predicted octanol–water partition coefficient (Wildman–Crippen LogP) is 2.68. The van der Waals surface area contributed by atoms with E-state index in [1.807, 2.05) is 43.4 Å². The third-order valence-corrected chi connectivity index (χ3v) is 6.36. The molecule has 0 amide bonds. The van der Waals surface area contributed by atoms with Gasteiger partial charge in [0.2, 0.25) is 12.7 Å². The molecule has 10 nitrogen and oxygen atoms in total. The van der Waals surface area contributed by atoms with E-state index in [9.17, 15) is 0 Å². The molecule has 0 atom stereocenters. The Morgan fingerprint density at radius 3 is 2.53 bits per heavy atom. The van der Waals surface area contributed by atoms with Gasteiger partial charge in [0.05, 0.1) is 23.9 Å². The SMILES string of the molecule is COc1ccccc1N1CCN(c2nc(-c3ccc4c(c3)OCO4)c3c(N)n(C)nc3n2)CC1. The second-order valence-corrected chi connectivity index (χ2v) is 8.29. The van der Waals surface area contributed by atoms with Crippen LogP contribution >= 0.6 is 0 Å². The van der Waals surface area contributed by atoms with Crippen LogP contribution in [0.25, 0.3) is 22.3 Å². The maximum absolute atomic E-state index is 6.36. The number of anilines is 3. The van der Waals surface area contributed by atoms with E-state index >= 15 is 0 Å². The Morgan fingerprint density at radius 2 is 1.71 bits per heavy atom. The standard InChI is InChI=1S/C24H25N7O3/c1-29-22(25)20-21(15-7-8-18-19(13-15)34-14-33-18)26-24(27-23(20)28-29)31-11-9-30(10-12-31)16-5-3-4-6-17(16)32-2/h3-8,13H,9-12,14,25H2,1-2H3. The van der Waals surface area contributed by atoms with Gasteiger partial charge in [0.15, 0.2) is 17.1 Å². The molecule has 6 rings (SSSR count). The van der Waals surface area contributed by atoms with E-state index in [0.29, 0.717) is 23.2 Å². The van der Waals surface area contributed by atoms with Crippen molar-refractivity contribution in [3.63, 3.8) is 0 Å². The molecule has 0 saturated carbocycles. The third-order valence-electron chi connectivity index (χ3n) is 6.36. The Kier molecular flexibility index (Phi) is 4.79. The van der Waals surface area contributed by atoms with Gasteiger partial charge in [-0.1, -0.05) is 12.1 Å². The van der Waals surface area contributed by atoms with Crippen LogP contribution in [0, 0.1) is 0 Å². The summed E-state index contributed by atoms with van der Waals surface area (Å²) in [5.74, 6) is 3.45. The highest BCUT2D eigenvalue weighted by molar-refractivity contribution is 5.99. The highest BCUT2D eigenvalue weighted by Crippen LogP contribution is 2.39. The van der Waals surface area contributed by atoms with Gasteiger partial charge in [-0.05, 0) is 30.3 Å². The lowest BCUT2D eigenvalue weighted by atomic mass is 10.1. The van der Waals surface area contributed by atoms with Gasteiger partial charge in [-0.25, -0.2) is 4.98 Å². The van der Waals surface area contributed by atoms with E-state index in [1.165, 1.54) is 0 Å². The number of fused-ring (bicyclic) bond motifs is 2. The predicted molar refractivity (Wildman–Crippen MR) is 130 cm³/mol. The largest absolute Gasteiger partial charge is 0.495 e. The summed E-state index contributed by atoms with van der Waals surface area (Å²) in [6.45, 7) is 3.41. The molecule has 34 heavy (non-hydrogen) atoms. The number of benzene rings is 2. The number of rotatable bonds is 4. The average Bonchev–Trinajstić information content (AvgIpc) is 3.47. The van der Waals surface area contributed by atoms with Gasteiger partial charge in [-0.15, -0.1) is 0 Å². The highest BCUT2D eigenvalue weighted by atomic mass is 16.7. The number of nitrogens with zero attached hydrogens (tertiary/aromatic N) is 6. The molecule has 2 aromatic carbocycles. The third kappa shape index (κ3) is 3.30. The fourth-order valence-corrected chi connectivity index (χ4v) is 4.54. The van der Waals surface area contributed by atoms with Crippen LogP contribution in [0.1, 0.15) is 0 Å². The number of para-hydroxylation sites is 2. The van der Waals surface area contributed by atoms with E-state index < -0.39 is 0 Å². The molecular formula is C24H25N7O3. The first-order chi connectivity index (χ1) is 16.6. The topological polar surface area (TPSA) is 104 Å². The zero-order chi connectivity index (χ0) is 23.2. The lowest BCUT2D eigenvalue weighted by molar-refractivity contribution is 0.174. The molecule has 4 heterocycles. The van der Waals surface area contributed by atoms with Crippen LogP contribution < -0.4 is 29.7 Å². The van der Waals surface area contributed by atoms with Gasteiger partial charge in [-0.2, -0.15) is 10.1 Å². The molecule has 1 fully saturated rings. The molecule has 174 valence electrons. The van der Waals surface area contributed by atoms with Crippen molar-refractivity contribution >= 4 is 28.5 Å². The molecule has 0 spiro atoms. The average molecular weight is 460 g/mol. The van der Waals surface area contributed by atoms with Gasteiger partial charge in [-0.3, -0.25) is 4.68 Å². The van der Waals surface area contributed by atoms with Crippen molar-refractivity contribution in [3.05, 3.63) is 42.5 Å². The summed E-state index contributed by atoms with van der Waals surface area (Å²) in [5.41, 5.74) is 9.64. The molecule has 0 unspecified atom stereocenters. The van der Waals surface area contributed by atoms with E-state index in [4.69, 9.17) is 29.9 Å². The molecule has 0 radical (unpaired) electrons. The van der Waals surface area contributed by atoms with Crippen molar-refractivity contribution in [2.24, 2.45) is 7.05 Å². The quantitative estimate of drug-likeness (QED) is 0.493. The Balaban J connectivity index is 1.35. The van der Waals surface area contributed by atoms with Gasteiger partial charge < -0.3 is 29.7 Å². The zero-order valence-electron chi connectivity index (χ0n) is 19.1. The Hall–Kier alpha value is -4.21. The molecule has 2 aromatic heterocycles. The second-order valence-electron chi connectivity index (χ2n) is 8.29. The van der Waals surface area contributed by atoms with Crippen molar-refractivity contribution in [1.29, 1.82) is 0 Å².